The Labute approximate surface area is 185 Å². The fourth-order valence-corrected chi connectivity index (χ4v) is 3.56. The molecule has 8 heteroatoms. The van der Waals surface area contributed by atoms with Gasteiger partial charge in [0.2, 0.25) is 11.8 Å². The summed E-state index contributed by atoms with van der Waals surface area (Å²) in [5.41, 5.74) is 3.68. The molecule has 0 saturated carbocycles. The number of hydrogen-bond acceptors (Lipinski definition) is 7. The molecule has 4 heterocycles. The summed E-state index contributed by atoms with van der Waals surface area (Å²) in [6.07, 6.45) is 3.44. The Bertz CT molecular complexity index is 1230. The Hall–Kier alpha value is -3.91. The summed E-state index contributed by atoms with van der Waals surface area (Å²) in [6, 6.07) is 17.7. The summed E-state index contributed by atoms with van der Waals surface area (Å²) in [4.78, 5) is 13.5. The number of anilines is 2. The van der Waals surface area contributed by atoms with Gasteiger partial charge in [-0.1, -0.05) is 30.3 Å². The first-order chi connectivity index (χ1) is 15.7. The zero-order valence-corrected chi connectivity index (χ0v) is 17.9. The molecule has 0 amide bonds. The number of hydrogen-bond donors (Lipinski definition) is 1. The van der Waals surface area contributed by atoms with Crippen LogP contribution in [0.4, 0.5) is 11.6 Å². The summed E-state index contributed by atoms with van der Waals surface area (Å²) >= 11 is 0. The number of ether oxygens (including phenoxy) is 3. The van der Waals surface area contributed by atoms with Crippen molar-refractivity contribution in [3.05, 3.63) is 83.9 Å². The second-order valence-corrected chi connectivity index (χ2v) is 7.47. The molecular formula is C24H23N5O3. The third-order valence-corrected chi connectivity index (χ3v) is 5.17. The molecule has 8 nitrogen and oxygen atoms in total. The van der Waals surface area contributed by atoms with Crippen LogP contribution in [-0.2, 0) is 11.3 Å². The highest BCUT2D eigenvalue weighted by Gasteiger charge is 2.21. The fraction of sp³-hybridized carbons (Fsp3) is 0.208. The van der Waals surface area contributed by atoms with Crippen LogP contribution in [0.3, 0.4) is 0 Å². The first kappa shape index (κ1) is 20.0. The zero-order chi connectivity index (χ0) is 21.9. The molecule has 0 fully saturated rings. The lowest BCUT2D eigenvalue weighted by molar-refractivity contribution is 0.0584. The van der Waals surface area contributed by atoms with Crippen molar-refractivity contribution in [2.75, 3.05) is 19.0 Å². The smallest absolute Gasteiger partial charge is 0.240 e. The van der Waals surface area contributed by atoms with Gasteiger partial charge in [-0.2, -0.15) is 9.97 Å². The predicted molar refractivity (Wildman–Crippen MR) is 120 cm³/mol. The minimum atomic E-state index is -0.212. The lowest BCUT2D eigenvalue weighted by Crippen LogP contribution is -2.12. The van der Waals surface area contributed by atoms with Gasteiger partial charge in [-0.3, -0.25) is 0 Å². The molecule has 5 rings (SSSR count). The second-order valence-electron chi connectivity index (χ2n) is 7.47. The molecule has 1 unspecified atom stereocenters. The number of imidazole rings is 1. The number of pyridine rings is 2. The van der Waals surface area contributed by atoms with Crippen molar-refractivity contribution in [3.63, 3.8) is 0 Å². The maximum Gasteiger partial charge on any atom is 0.240 e. The number of methoxy groups -OCH3 is 1. The number of nitrogens with one attached hydrogen (secondary N) is 1. The van der Waals surface area contributed by atoms with Crippen LogP contribution in [0.1, 0.15) is 22.9 Å². The molecule has 1 aromatic carbocycles. The highest BCUT2D eigenvalue weighted by atomic mass is 16.5. The molecule has 0 saturated heterocycles. The van der Waals surface area contributed by atoms with Crippen molar-refractivity contribution in [2.24, 2.45) is 0 Å². The number of aromatic nitrogens is 4. The number of aryl methyl sites for hydroxylation is 1. The second kappa shape index (κ2) is 8.68. The molecule has 0 bridgehead atoms. The van der Waals surface area contributed by atoms with Gasteiger partial charge in [-0.25, -0.2) is 4.98 Å². The summed E-state index contributed by atoms with van der Waals surface area (Å²) in [5.74, 6) is 2.27. The van der Waals surface area contributed by atoms with Crippen LogP contribution in [-0.4, -0.2) is 33.2 Å². The van der Waals surface area contributed by atoms with Crippen molar-refractivity contribution in [3.8, 4) is 17.4 Å². The van der Waals surface area contributed by atoms with Crippen LogP contribution in [0.5, 0.6) is 11.8 Å². The van der Waals surface area contributed by atoms with E-state index in [1.165, 1.54) is 0 Å². The molecular weight excluding hydrogens is 406 g/mol. The molecule has 1 atom stereocenters. The summed E-state index contributed by atoms with van der Waals surface area (Å²) in [6.45, 7) is 2.86. The van der Waals surface area contributed by atoms with Gasteiger partial charge in [0.25, 0.3) is 0 Å². The number of benzene rings is 1. The lowest BCUT2D eigenvalue weighted by atomic mass is 10.1. The quantitative estimate of drug-likeness (QED) is 0.504. The molecule has 0 aliphatic carbocycles. The van der Waals surface area contributed by atoms with E-state index in [2.05, 4.69) is 20.3 Å². The van der Waals surface area contributed by atoms with Gasteiger partial charge in [0.15, 0.2) is 0 Å². The van der Waals surface area contributed by atoms with Crippen molar-refractivity contribution >= 4 is 11.6 Å². The van der Waals surface area contributed by atoms with E-state index >= 15 is 0 Å². The number of rotatable bonds is 5. The van der Waals surface area contributed by atoms with E-state index in [-0.39, 0.29) is 6.10 Å². The highest BCUT2D eigenvalue weighted by molar-refractivity contribution is 5.57. The van der Waals surface area contributed by atoms with Crippen LogP contribution >= 0.6 is 0 Å². The molecule has 1 aliphatic rings. The predicted octanol–water partition coefficient (Wildman–Crippen LogP) is 4.37. The molecule has 0 spiro atoms. The zero-order valence-electron chi connectivity index (χ0n) is 17.9. The van der Waals surface area contributed by atoms with Gasteiger partial charge >= 0.3 is 0 Å². The molecule has 1 aliphatic heterocycles. The van der Waals surface area contributed by atoms with Gasteiger partial charge in [0.05, 0.1) is 32.3 Å². The first-order valence-corrected chi connectivity index (χ1v) is 10.3. The van der Waals surface area contributed by atoms with Crippen LogP contribution in [0.2, 0.25) is 0 Å². The molecule has 3 aromatic heterocycles. The van der Waals surface area contributed by atoms with Gasteiger partial charge in [-0.15, -0.1) is 0 Å². The van der Waals surface area contributed by atoms with E-state index in [1.54, 1.807) is 13.4 Å². The van der Waals surface area contributed by atoms with Crippen LogP contribution in [0.25, 0.3) is 5.69 Å². The van der Waals surface area contributed by atoms with Gasteiger partial charge in [0.1, 0.15) is 23.4 Å². The summed E-state index contributed by atoms with van der Waals surface area (Å²) < 4.78 is 19.4. The normalized spacial score (nSPS) is 15.4. The third-order valence-electron chi connectivity index (χ3n) is 5.17. The van der Waals surface area contributed by atoms with Crippen molar-refractivity contribution in [1.29, 1.82) is 0 Å². The van der Waals surface area contributed by atoms with E-state index in [1.807, 2.05) is 72.3 Å². The Morgan fingerprint density at radius 3 is 2.62 bits per heavy atom. The van der Waals surface area contributed by atoms with Crippen LogP contribution in [0.15, 0.2) is 67.1 Å². The van der Waals surface area contributed by atoms with Gasteiger partial charge < -0.3 is 24.1 Å². The minimum absolute atomic E-state index is 0.212. The number of fused-ring (bicyclic) bond motifs is 1. The SMILES string of the molecule is COc1nc(Nc2ccc3c(n2)OC(c2ccccc2)COC3)ccc1-n1cnc(C)c1. The van der Waals surface area contributed by atoms with Crippen molar-refractivity contribution in [1.82, 2.24) is 19.5 Å². The van der Waals surface area contributed by atoms with Crippen LogP contribution in [0, 0.1) is 6.92 Å². The summed E-state index contributed by atoms with van der Waals surface area (Å²) in [7, 11) is 1.59. The maximum atomic E-state index is 6.21. The van der Waals surface area contributed by atoms with E-state index in [0.717, 1.165) is 22.5 Å². The Morgan fingerprint density at radius 2 is 1.84 bits per heavy atom. The highest BCUT2D eigenvalue weighted by Crippen LogP contribution is 2.31. The Kier molecular flexibility index (Phi) is 5.43. The van der Waals surface area contributed by atoms with E-state index in [4.69, 9.17) is 14.2 Å². The average molecular weight is 429 g/mol. The largest absolute Gasteiger partial charge is 0.479 e. The minimum Gasteiger partial charge on any atom is -0.479 e. The molecule has 1 N–H and O–H groups in total. The van der Waals surface area contributed by atoms with Gasteiger partial charge in [-0.05, 0) is 36.8 Å². The Balaban J connectivity index is 1.39. The average Bonchev–Trinajstić information content (AvgIpc) is 3.14. The van der Waals surface area contributed by atoms with Crippen molar-refractivity contribution < 1.29 is 14.2 Å². The number of nitrogens with zero attached hydrogens (tertiary/aromatic N) is 4. The standard InChI is InChI=1S/C24H23N5O3/c1-16-12-29(15-25-16)19-9-11-22(28-24(19)30-2)26-21-10-8-18-13-31-14-20(32-23(18)27-21)17-6-4-3-5-7-17/h3-12,15,20H,13-14H2,1-2H3,(H,26,27,28). The fourth-order valence-electron chi connectivity index (χ4n) is 3.56. The Morgan fingerprint density at radius 1 is 1.03 bits per heavy atom. The molecule has 0 radical (unpaired) electrons. The molecule has 4 aromatic rings. The first-order valence-electron chi connectivity index (χ1n) is 10.3. The third kappa shape index (κ3) is 4.13. The topological polar surface area (TPSA) is 83.3 Å². The van der Waals surface area contributed by atoms with E-state index in [9.17, 15) is 0 Å². The monoisotopic (exact) mass is 429 g/mol. The maximum absolute atomic E-state index is 6.21. The molecule has 32 heavy (non-hydrogen) atoms. The van der Waals surface area contributed by atoms with E-state index in [0.29, 0.717) is 36.6 Å². The van der Waals surface area contributed by atoms with Gasteiger partial charge in [0, 0.05) is 11.8 Å². The van der Waals surface area contributed by atoms with Crippen molar-refractivity contribution in [2.45, 2.75) is 19.6 Å². The van der Waals surface area contributed by atoms with Crippen LogP contribution < -0.4 is 14.8 Å². The lowest BCUT2D eigenvalue weighted by Gasteiger charge is -2.17. The summed E-state index contributed by atoms with van der Waals surface area (Å²) in [5, 5.41) is 3.24. The van der Waals surface area contributed by atoms with E-state index < -0.39 is 0 Å². The molecule has 162 valence electrons.